The Morgan fingerprint density at radius 1 is 0.542 bits per heavy atom. The molecule has 0 radical (unpaired) electrons. The molecule has 7 aromatic carbocycles. The molecular formula is C46H31NS. The van der Waals surface area contributed by atoms with Gasteiger partial charge in [-0.05, 0) is 114 Å². The van der Waals surface area contributed by atoms with Gasteiger partial charge in [-0.1, -0.05) is 122 Å². The Morgan fingerprint density at radius 3 is 1.81 bits per heavy atom. The Kier molecular flexibility index (Phi) is 6.16. The molecule has 226 valence electrons. The van der Waals surface area contributed by atoms with E-state index in [1.165, 1.54) is 85.9 Å². The van der Waals surface area contributed by atoms with Crippen molar-refractivity contribution in [3.8, 4) is 33.5 Å². The standard InChI is InChI=1S/C46H31NS/c1-28-14-21-42-40(24-28)39-22-23-47-45(46(39)48-42)35-19-20-38-41(27-35)44(34-18-16-30-9-3-5-11-32(30)26-34)37-13-7-6-12-36(37)43(38)33-17-15-29-8-2-4-10-31(29)25-33/h2-23,25-28H,24H2,1H3. The molecule has 2 heteroatoms. The fourth-order valence-corrected chi connectivity index (χ4v) is 9.17. The highest BCUT2D eigenvalue weighted by Gasteiger charge is 2.21. The minimum atomic E-state index is 0.555. The Bertz CT molecular complexity index is 2780. The monoisotopic (exact) mass is 629 g/mol. The van der Waals surface area contributed by atoms with Crippen molar-refractivity contribution in [3.05, 3.63) is 156 Å². The molecule has 2 aromatic heterocycles. The van der Waals surface area contributed by atoms with Crippen molar-refractivity contribution < 1.29 is 0 Å². The van der Waals surface area contributed by atoms with Gasteiger partial charge >= 0.3 is 0 Å². The topological polar surface area (TPSA) is 12.9 Å². The summed E-state index contributed by atoms with van der Waals surface area (Å²) in [6.07, 6.45) is 7.75. The molecule has 9 aromatic rings. The van der Waals surface area contributed by atoms with E-state index in [2.05, 4.69) is 153 Å². The van der Waals surface area contributed by atoms with Crippen LogP contribution in [0.3, 0.4) is 0 Å². The SMILES string of the molecule is CC1C=Cc2sc3c(-c4ccc5c(-c6ccc7ccccc7c6)c6ccccc6c(-c6ccc7ccccc7c6)c5c4)nccc3c2C1. The zero-order valence-corrected chi connectivity index (χ0v) is 27.4. The Labute approximate surface area is 283 Å². The predicted molar refractivity (Wildman–Crippen MR) is 208 cm³/mol. The van der Waals surface area contributed by atoms with Gasteiger partial charge in [0.2, 0.25) is 0 Å². The van der Waals surface area contributed by atoms with Crippen LogP contribution in [0, 0.1) is 5.92 Å². The minimum Gasteiger partial charge on any atom is -0.255 e. The van der Waals surface area contributed by atoms with E-state index >= 15 is 0 Å². The van der Waals surface area contributed by atoms with Gasteiger partial charge in [-0.25, -0.2) is 0 Å². The van der Waals surface area contributed by atoms with Crippen LogP contribution in [0.4, 0.5) is 0 Å². The van der Waals surface area contributed by atoms with E-state index in [9.17, 15) is 0 Å². The van der Waals surface area contributed by atoms with Crippen LogP contribution < -0.4 is 0 Å². The van der Waals surface area contributed by atoms with Crippen LogP contribution in [0.2, 0.25) is 0 Å². The fraction of sp³-hybridized carbons (Fsp3) is 0.0652. The van der Waals surface area contributed by atoms with Crippen molar-refractivity contribution in [2.45, 2.75) is 13.3 Å². The molecular weight excluding hydrogens is 599 g/mol. The predicted octanol–water partition coefficient (Wildman–Crippen LogP) is 13.1. The van der Waals surface area contributed by atoms with Crippen LogP contribution in [-0.4, -0.2) is 4.98 Å². The average Bonchev–Trinajstić information content (AvgIpc) is 3.51. The lowest BCUT2D eigenvalue weighted by Gasteiger charge is -2.19. The summed E-state index contributed by atoms with van der Waals surface area (Å²) >= 11 is 1.88. The molecule has 1 atom stereocenters. The summed E-state index contributed by atoms with van der Waals surface area (Å²) in [4.78, 5) is 6.43. The maximum atomic E-state index is 5.05. The van der Waals surface area contributed by atoms with Crippen molar-refractivity contribution >= 4 is 70.6 Å². The lowest BCUT2D eigenvalue weighted by atomic mass is 9.84. The van der Waals surface area contributed by atoms with Crippen LogP contribution >= 0.6 is 11.3 Å². The summed E-state index contributed by atoms with van der Waals surface area (Å²) in [6, 6.07) is 49.4. The molecule has 0 saturated carbocycles. The van der Waals surface area contributed by atoms with Gasteiger partial charge in [0.25, 0.3) is 0 Å². The second-order valence-electron chi connectivity index (χ2n) is 13.2. The van der Waals surface area contributed by atoms with Gasteiger partial charge < -0.3 is 0 Å². The van der Waals surface area contributed by atoms with Crippen molar-refractivity contribution in [2.75, 3.05) is 0 Å². The van der Waals surface area contributed by atoms with Gasteiger partial charge in [-0.3, -0.25) is 4.98 Å². The number of aromatic nitrogens is 1. The Hall–Kier alpha value is -5.57. The van der Waals surface area contributed by atoms with Gasteiger partial charge in [0.1, 0.15) is 0 Å². The molecule has 0 fully saturated rings. The van der Waals surface area contributed by atoms with Crippen LogP contribution in [0.15, 0.2) is 146 Å². The van der Waals surface area contributed by atoms with Crippen molar-refractivity contribution in [2.24, 2.45) is 5.92 Å². The van der Waals surface area contributed by atoms with Crippen LogP contribution in [0.25, 0.3) is 92.8 Å². The second-order valence-corrected chi connectivity index (χ2v) is 14.3. The molecule has 0 amide bonds. The molecule has 1 aliphatic carbocycles. The maximum Gasteiger partial charge on any atom is 0.0880 e. The lowest BCUT2D eigenvalue weighted by molar-refractivity contribution is 0.724. The third kappa shape index (κ3) is 4.26. The van der Waals surface area contributed by atoms with E-state index in [-0.39, 0.29) is 0 Å². The number of allylic oxidation sites excluding steroid dienone is 1. The first-order chi connectivity index (χ1) is 23.7. The molecule has 0 bridgehead atoms. The first-order valence-corrected chi connectivity index (χ1v) is 17.6. The van der Waals surface area contributed by atoms with E-state index in [1.807, 2.05) is 17.5 Å². The summed E-state index contributed by atoms with van der Waals surface area (Å²) in [5.41, 5.74) is 8.71. The molecule has 1 unspecified atom stereocenters. The zero-order valence-electron chi connectivity index (χ0n) is 26.6. The van der Waals surface area contributed by atoms with E-state index in [0.717, 1.165) is 17.7 Å². The maximum absolute atomic E-state index is 5.05. The van der Waals surface area contributed by atoms with E-state index in [4.69, 9.17) is 4.98 Å². The first kappa shape index (κ1) is 27.5. The lowest BCUT2D eigenvalue weighted by Crippen LogP contribution is -2.00. The third-order valence-electron chi connectivity index (χ3n) is 10.2. The molecule has 2 heterocycles. The van der Waals surface area contributed by atoms with Gasteiger partial charge in [0.15, 0.2) is 0 Å². The molecule has 48 heavy (non-hydrogen) atoms. The summed E-state index contributed by atoms with van der Waals surface area (Å²) < 4.78 is 1.28. The zero-order chi connectivity index (χ0) is 31.8. The molecule has 0 N–H and O–H groups in total. The van der Waals surface area contributed by atoms with Crippen LogP contribution in [0.1, 0.15) is 17.4 Å². The molecule has 1 nitrogen and oxygen atoms in total. The number of fused-ring (bicyclic) bond motifs is 7. The van der Waals surface area contributed by atoms with Gasteiger partial charge in [-0.15, -0.1) is 11.3 Å². The quantitative estimate of drug-likeness (QED) is 0.177. The molecule has 0 saturated heterocycles. The molecule has 0 aliphatic heterocycles. The van der Waals surface area contributed by atoms with Gasteiger partial charge in [-0.2, -0.15) is 0 Å². The van der Waals surface area contributed by atoms with Crippen molar-refractivity contribution in [1.29, 1.82) is 0 Å². The number of pyridine rings is 1. The Morgan fingerprint density at radius 2 is 1.12 bits per heavy atom. The average molecular weight is 630 g/mol. The second kappa shape index (κ2) is 10.7. The number of rotatable bonds is 3. The van der Waals surface area contributed by atoms with Crippen LogP contribution in [0.5, 0.6) is 0 Å². The smallest absolute Gasteiger partial charge is 0.0880 e. The molecule has 0 spiro atoms. The normalized spacial score (nSPS) is 14.4. The van der Waals surface area contributed by atoms with Crippen molar-refractivity contribution in [1.82, 2.24) is 4.98 Å². The largest absolute Gasteiger partial charge is 0.255 e. The number of hydrogen-bond acceptors (Lipinski definition) is 2. The summed E-state index contributed by atoms with van der Waals surface area (Å²) in [5, 5.41) is 11.4. The highest BCUT2D eigenvalue weighted by atomic mass is 32.1. The van der Waals surface area contributed by atoms with Crippen molar-refractivity contribution in [3.63, 3.8) is 0 Å². The number of benzene rings is 7. The summed E-state index contributed by atoms with van der Waals surface area (Å²) in [6.45, 7) is 2.31. The number of nitrogens with zero attached hydrogens (tertiary/aromatic N) is 1. The molecule has 10 rings (SSSR count). The fourth-order valence-electron chi connectivity index (χ4n) is 7.92. The Balaban J connectivity index is 1.30. The van der Waals surface area contributed by atoms with E-state index < -0.39 is 0 Å². The van der Waals surface area contributed by atoms with Gasteiger partial charge in [0, 0.05) is 22.0 Å². The highest BCUT2D eigenvalue weighted by Crippen LogP contribution is 2.47. The van der Waals surface area contributed by atoms with E-state index in [0.29, 0.717) is 5.92 Å². The summed E-state index contributed by atoms with van der Waals surface area (Å²) in [7, 11) is 0. The van der Waals surface area contributed by atoms with E-state index in [1.54, 1.807) is 0 Å². The summed E-state index contributed by atoms with van der Waals surface area (Å²) in [5.74, 6) is 0.555. The number of thiophene rings is 1. The molecule has 1 aliphatic rings. The van der Waals surface area contributed by atoms with Crippen LogP contribution in [-0.2, 0) is 6.42 Å². The third-order valence-corrected chi connectivity index (χ3v) is 11.4. The minimum absolute atomic E-state index is 0.555. The van der Waals surface area contributed by atoms with Gasteiger partial charge in [0.05, 0.1) is 10.4 Å². The first-order valence-electron chi connectivity index (χ1n) is 16.8. The number of hydrogen-bond donors (Lipinski definition) is 0. The highest BCUT2D eigenvalue weighted by molar-refractivity contribution is 7.20.